The van der Waals surface area contributed by atoms with Crippen LogP contribution in [0.15, 0.2) is 12.1 Å². The Bertz CT molecular complexity index is 454. The first-order chi connectivity index (χ1) is 8.36. The van der Waals surface area contributed by atoms with Gasteiger partial charge in [-0.2, -0.15) is 0 Å². The van der Waals surface area contributed by atoms with E-state index >= 15 is 0 Å². The maximum Gasteiger partial charge on any atom is 0.292 e. The third kappa shape index (κ3) is 3.19. The minimum atomic E-state index is -0.514. The van der Waals surface area contributed by atoms with Gasteiger partial charge in [0.25, 0.3) is 11.7 Å². The molecule has 0 fully saturated rings. The first-order valence-electron chi connectivity index (χ1n) is 6.29. The Hall–Kier alpha value is -1.64. The minimum absolute atomic E-state index is 0.0208. The molecule has 3 heteroatoms. The fraction of sp³-hybridized carbons (Fsp3) is 0.467. The van der Waals surface area contributed by atoms with E-state index < -0.39 is 11.7 Å². The molecule has 1 atom stereocenters. The van der Waals surface area contributed by atoms with Gasteiger partial charge in [0.05, 0.1) is 0 Å². The molecule has 1 unspecified atom stereocenters. The van der Waals surface area contributed by atoms with Crippen LogP contribution in [0.3, 0.4) is 0 Å². The molecular weight excluding hydrogens is 226 g/mol. The second-order valence-electron chi connectivity index (χ2n) is 4.89. The number of rotatable bonds is 4. The summed E-state index contributed by atoms with van der Waals surface area (Å²) >= 11 is 0. The highest BCUT2D eigenvalue weighted by Crippen LogP contribution is 2.17. The zero-order chi connectivity index (χ0) is 13.9. The summed E-state index contributed by atoms with van der Waals surface area (Å²) in [6.07, 6.45) is 0.810. The Balaban J connectivity index is 3.01. The smallest absolute Gasteiger partial charge is 0.292 e. The highest BCUT2D eigenvalue weighted by molar-refractivity contribution is 6.43. The van der Waals surface area contributed by atoms with Crippen molar-refractivity contribution in [3.63, 3.8) is 0 Å². The van der Waals surface area contributed by atoms with Gasteiger partial charge in [-0.25, -0.2) is 0 Å². The van der Waals surface area contributed by atoms with E-state index in [1.54, 1.807) is 0 Å². The Labute approximate surface area is 109 Å². The van der Waals surface area contributed by atoms with Crippen molar-refractivity contribution >= 4 is 11.7 Å². The molecule has 98 valence electrons. The van der Waals surface area contributed by atoms with Crippen molar-refractivity contribution in [1.29, 1.82) is 0 Å². The zero-order valence-corrected chi connectivity index (χ0v) is 11.8. The monoisotopic (exact) mass is 247 g/mol. The molecule has 0 heterocycles. The molecule has 0 spiro atoms. The Kier molecular flexibility index (Phi) is 4.65. The van der Waals surface area contributed by atoms with Gasteiger partial charge >= 0.3 is 0 Å². The van der Waals surface area contributed by atoms with Crippen LogP contribution in [0.25, 0.3) is 0 Å². The topological polar surface area (TPSA) is 46.2 Å². The molecule has 0 aromatic heterocycles. The van der Waals surface area contributed by atoms with Gasteiger partial charge in [0.2, 0.25) is 0 Å². The maximum absolute atomic E-state index is 12.1. The Morgan fingerprint density at radius 3 is 2.11 bits per heavy atom. The van der Waals surface area contributed by atoms with Crippen LogP contribution in [-0.2, 0) is 4.79 Å². The molecule has 0 radical (unpaired) electrons. The first kappa shape index (κ1) is 14.4. The second kappa shape index (κ2) is 5.80. The first-order valence-corrected chi connectivity index (χ1v) is 6.29. The van der Waals surface area contributed by atoms with Crippen LogP contribution in [0.4, 0.5) is 0 Å². The van der Waals surface area contributed by atoms with E-state index in [0.717, 1.165) is 23.1 Å². The van der Waals surface area contributed by atoms with Crippen molar-refractivity contribution in [3.8, 4) is 0 Å². The Morgan fingerprint density at radius 1 is 1.17 bits per heavy atom. The van der Waals surface area contributed by atoms with Crippen molar-refractivity contribution in [3.05, 3.63) is 34.4 Å². The molecule has 18 heavy (non-hydrogen) atoms. The number of ketones is 1. The molecule has 0 aliphatic rings. The Morgan fingerprint density at radius 2 is 1.67 bits per heavy atom. The summed E-state index contributed by atoms with van der Waals surface area (Å²) < 4.78 is 0. The number of carbonyl (C=O) groups is 2. The van der Waals surface area contributed by atoms with Gasteiger partial charge in [-0.3, -0.25) is 9.59 Å². The van der Waals surface area contributed by atoms with Gasteiger partial charge in [0.15, 0.2) is 0 Å². The number of hydrogen-bond donors (Lipinski definition) is 1. The van der Waals surface area contributed by atoms with Gasteiger partial charge in [-0.05, 0) is 45.2 Å². The zero-order valence-electron chi connectivity index (χ0n) is 11.8. The predicted octanol–water partition coefficient (Wildman–Crippen LogP) is 2.71. The van der Waals surface area contributed by atoms with Crippen LogP contribution in [0.5, 0.6) is 0 Å². The van der Waals surface area contributed by atoms with E-state index in [1.807, 2.05) is 46.8 Å². The van der Waals surface area contributed by atoms with Crippen LogP contribution in [-0.4, -0.2) is 17.7 Å². The number of aryl methyl sites for hydroxylation is 3. The van der Waals surface area contributed by atoms with E-state index in [-0.39, 0.29) is 6.04 Å². The predicted molar refractivity (Wildman–Crippen MR) is 72.9 cm³/mol. The third-order valence-corrected chi connectivity index (χ3v) is 3.10. The summed E-state index contributed by atoms with van der Waals surface area (Å²) in [6.45, 7) is 9.57. The third-order valence-electron chi connectivity index (χ3n) is 3.10. The van der Waals surface area contributed by atoms with E-state index in [9.17, 15) is 9.59 Å². The van der Waals surface area contributed by atoms with Gasteiger partial charge in [0, 0.05) is 11.6 Å². The van der Waals surface area contributed by atoms with Crippen molar-refractivity contribution in [2.24, 2.45) is 0 Å². The summed E-state index contributed by atoms with van der Waals surface area (Å²) in [5, 5.41) is 2.71. The lowest BCUT2D eigenvalue weighted by atomic mass is 9.96. The van der Waals surface area contributed by atoms with Crippen molar-refractivity contribution in [2.75, 3.05) is 0 Å². The molecule has 1 N–H and O–H groups in total. The summed E-state index contributed by atoms with van der Waals surface area (Å²) in [4.78, 5) is 24.0. The average molecular weight is 247 g/mol. The molecule has 0 aliphatic carbocycles. The molecule has 1 aromatic carbocycles. The SMILES string of the molecule is CCC(C)NC(=O)C(=O)c1c(C)cc(C)cc1C. The lowest BCUT2D eigenvalue weighted by Crippen LogP contribution is -2.37. The fourth-order valence-corrected chi connectivity index (χ4v) is 2.04. The van der Waals surface area contributed by atoms with Crippen LogP contribution < -0.4 is 5.32 Å². The minimum Gasteiger partial charge on any atom is -0.347 e. The summed E-state index contributed by atoms with van der Waals surface area (Å²) in [5.74, 6) is -0.954. The number of Topliss-reactive ketones (excluding diaryl/α,β-unsaturated/α-hetero) is 1. The largest absolute Gasteiger partial charge is 0.347 e. The molecule has 0 aliphatic heterocycles. The molecule has 3 nitrogen and oxygen atoms in total. The number of nitrogens with one attached hydrogen (secondary N) is 1. The number of hydrogen-bond acceptors (Lipinski definition) is 2. The molecule has 1 rings (SSSR count). The molecule has 0 saturated heterocycles. The molecule has 0 saturated carbocycles. The lowest BCUT2D eigenvalue weighted by Gasteiger charge is -2.13. The molecule has 1 amide bonds. The molecular formula is C15H21NO2. The average Bonchev–Trinajstić information content (AvgIpc) is 2.27. The number of benzene rings is 1. The molecule has 1 aromatic rings. The summed E-state index contributed by atoms with van der Waals surface area (Å²) in [5.41, 5.74) is 3.35. The van der Waals surface area contributed by atoms with E-state index in [0.29, 0.717) is 5.56 Å². The number of amides is 1. The lowest BCUT2D eigenvalue weighted by molar-refractivity contribution is -0.117. The van der Waals surface area contributed by atoms with Crippen molar-refractivity contribution in [2.45, 2.75) is 47.1 Å². The van der Waals surface area contributed by atoms with Crippen LogP contribution >= 0.6 is 0 Å². The van der Waals surface area contributed by atoms with Crippen LogP contribution in [0, 0.1) is 20.8 Å². The highest BCUT2D eigenvalue weighted by Gasteiger charge is 2.21. The van der Waals surface area contributed by atoms with Gasteiger partial charge in [-0.1, -0.05) is 24.6 Å². The van der Waals surface area contributed by atoms with Crippen LogP contribution in [0.1, 0.15) is 47.3 Å². The van der Waals surface area contributed by atoms with E-state index in [1.165, 1.54) is 0 Å². The van der Waals surface area contributed by atoms with Gasteiger partial charge in [-0.15, -0.1) is 0 Å². The quantitative estimate of drug-likeness (QED) is 0.657. The van der Waals surface area contributed by atoms with Crippen LogP contribution in [0.2, 0.25) is 0 Å². The van der Waals surface area contributed by atoms with Crippen molar-refractivity contribution in [1.82, 2.24) is 5.32 Å². The number of carbonyl (C=O) groups excluding carboxylic acids is 2. The maximum atomic E-state index is 12.1. The standard InChI is InChI=1S/C15H21NO2/c1-6-12(5)16-15(18)14(17)13-10(3)7-9(2)8-11(13)4/h7-8,12H,6H2,1-5H3,(H,16,18). The molecule has 0 bridgehead atoms. The fourth-order valence-electron chi connectivity index (χ4n) is 2.04. The van der Waals surface area contributed by atoms with Gasteiger partial charge in [0.1, 0.15) is 0 Å². The highest BCUT2D eigenvalue weighted by atomic mass is 16.2. The summed E-state index contributed by atoms with van der Waals surface area (Å²) in [7, 11) is 0. The van der Waals surface area contributed by atoms with Crippen molar-refractivity contribution < 1.29 is 9.59 Å². The second-order valence-corrected chi connectivity index (χ2v) is 4.89. The van der Waals surface area contributed by atoms with Gasteiger partial charge < -0.3 is 5.32 Å². The van der Waals surface area contributed by atoms with E-state index in [4.69, 9.17) is 0 Å². The van der Waals surface area contributed by atoms with E-state index in [2.05, 4.69) is 5.32 Å². The summed E-state index contributed by atoms with van der Waals surface area (Å²) in [6, 6.07) is 3.88. The normalized spacial score (nSPS) is 12.1.